The lowest BCUT2D eigenvalue weighted by atomic mass is 9.89. The second-order valence-corrected chi connectivity index (χ2v) is 8.79. The summed E-state index contributed by atoms with van der Waals surface area (Å²) < 4.78 is 5.87. The average Bonchev–Trinajstić information content (AvgIpc) is 3.33. The molecule has 0 saturated carbocycles. The van der Waals surface area contributed by atoms with Gasteiger partial charge in [-0.3, -0.25) is 4.79 Å². The SMILES string of the molecule is O=C1CN2c3c(cccc3[C@H]3CN(CCCc4cccc5c4OCC5)CCC32)N1. The van der Waals surface area contributed by atoms with E-state index in [9.17, 15) is 4.79 Å². The summed E-state index contributed by atoms with van der Waals surface area (Å²) in [4.78, 5) is 17.1. The molecule has 2 aromatic carbocycles. The molecule has 29 heavy (non-hydrogen) atoms. The van der Waals surface area contributed by atoms with Crippen molar-refractivity contribution < 1.29 is 9.53 Å². The second-order valence-electron chi connectivity index (χ2n) is 8.79. The molecule has 4 aliphatic heterocycles. The van der Waals surface area contributed by atoms with E-state index in [1.165, 1.54) is 22.4 Å². The molecule has 0 radical (unpaired) electrons. The first kappa shape index (κ1) is 17.3. The van der Waals surface area contributed by atoms with Gasteiger partial charge < -0.3 is 19.9 Å². The molecule has 1 unspecified atom stereocenters. The average molecular weight is 389 g/mol. The number of para-hydroxylation sites is 2. The quantitative estimate of drug-likeness (QED) is 0.872. The van der Waals surface area contributed by atoms with E-state index in [4.69, 9.17) is 4.74 Å². The van der Waals surface area contributed by atoms with Gasteiger partial charge in [-0.15, -0.1) is 0 Å². The van der Waals surface area contributed by atoms with E-state index in [0.29, 0.717) is 18.5 Å². The summed E-state index contributed by atoms with van der Waals surface area (Å²) in [7, 11) is 0. The number of anilines is 2. The van der Waals surface area contributed by atoms with Crippen LogP contribution in [-0.2, 0) is 17.6 Å². The van der Waals surface area contributed by atoms with Crippen molar-refractivity contribution in [3.05, 3.63) is 53.1 Å². The fraction of sp³-hybridized carbons (Fsp3) is 0.458. The van der Waals surface area contributed by atoms with Crippen LogP contribution in [-0.4, -0.2) is 49.6 Å². The minimum absolute atomic E-state index is 0.121. The van der Waals surface area contributed by atoms with Gasteiger partial charge in [0.25, 0.3) is 0 Å². The van der Waals surface area contributed by atoms with E-state index in [1.54, 1.807) is 0 Å². The molecular formula is C24H27N3O2. The Kier molecular flexibility index (Phi) is 4.05. The second kappa shape index (κ2) is 6.77. The number of hydrogen-bond acceptors (Lipinski definition) is 4. The van der Waals surface area contributed by atoms with Crippen LogP contribution in [0.5, 0.6) is 5.75 Å². The van der Waals surface area contributed by atoms with Crippen molar-refractivity contribution in [1.29, 1.82) is 0 Å². The van der Waals surface area contributed by atoms with Crippen LogP contribution in [0.15, 0.2) is 36.4 Å². The predicted molar refractivity (Wildman–Crippen MR) is 114 cm³/mol. The highest BCUT2D eigenvalue weighted by molar-refractivity contribution is 6.03. The number of ether oxygens (including phenoxy) is 1. The molecule has 4 aliphatic rings. The number of nitrogens with one attached hydrogen (secondary N) is 1. The molecule has 4 heterocycles. The summed E-state index contributed by atoms with van der Waals surface area (Å²) in [5.41, 5.74) is 6.44. The molecule has 5 heteroatoms. The highest BCUT2D eigenvalue weighted by atomic mass is 16.5. The largest absolute Gasteiger partial charge is 0.493 e. The number of likely N-dealkylation sites (tertiary alicyclic amines) is 1. The molecule has 1 fully saturated rings. The number of amides is 1. The maximum Gasteiger partial charge on any atom is 0.243 e. The molecule has 6 rings (SSSR count). The van der Waals surface area contributed by atoms with Gasteiger partial charge in [0.1, 0.15) is 5.75 Å². The molecule has 1 saturated heterocycles. The highest BCUT2D eigenvalue weighted by Gasteiger charge is 2.45. The van der Waals surface area contributed by atoms with Crippen LogP contribution in [0.4, 0.5) is 11.4 Å². The molecule has 0 aromatic heterocycles. The zero-order valence-electron chi connectivity index (χ0n) is 16.7. The minimum Gasteiger partial charge on any atom is -0.493 e. The molecule has 5 nitrogen and oxygen atoms in total. The maximum atomic E-state index is 12.1. The number of fused-ring (bicyclic) bond motifs is 4. The van der Waals surface area contributed by atoms with Crippen LogP contribution in [0.25, 0.3) is 0 Å². The lowest BCUT2D eigenvalue weighted by Gasteiger charge is -2.39. The minimum atomic E-state index is 0.121. The summed E-state index contributed by atoms with van der Waals surface area (Å²) in [6.45, 7) is 4.67. The molecule has 1 amide bonds. The molecular weight excluding hydrogens is 362 g/mol. The Bertz CT molecular complexity index is 973. The zero-order chi connectivity index (χ0) is 19.4. The third-order valence-corrected chi connectivity index (χ3v) is 7.12. The van der Waals surface area contributed by atoms with Crippen molar-refractivity contribution in [2.24, 2.45) is 0 Å². The van der Waals surface area contributed by atoms with Crippen LogP contribution in [0.2, 0.25) is 0 Å². The first-order valence-corrected chi connectivity index (χ1v) is 10.9. The van der Waals surface area contributed by atoms with Crippen LogP contribution < -0.4 is 15.0 Å². The van der Waals surface area contributed by atoms with Crippen molar-refractivity contribution >= 4 is 17.3 Å². The Hall–Kier alpha value is -2.53. The van der Waals surface area contributed by atoms with E-state index in [-0.39, 0.29) is 5.91 Å². The molecule has 150 valence electrons. The number of piperidine rings is 1. The van der Waals surface area contributed by atoms with Gasteiger partial charge >= 0.3 is 0 Å². The number of carbonyl (C=O) groups is 1. The molecule has 2 aromatic rings. The van der Waals surface area contributed by atoms with Crippen LogP contribution in [0.1, 0.15) is 35.4 Å². The van der Waals surface area contributed by atoms with Gasteiger partial charge in [0.15, 0.2) is 0 Å². The fourth-order valence-electron chi connectivity index (χ4n) is 5.85. The number of benzene rings is 2. The Balaban J connectivity index is 1.14. The molecule has 1 N–H and O–H groups in total. The van der Waals surface area contributed by atoms with Crippen molar-refractivity contribution in [2.75, 3.05) is 43.0 Å². The smallest absolute Gasteiger partial charge is 0.243 e. The lowest BCUT2D eigenvalue weighted by molar-refractivity contribution is -0.115. The van der Waals surface area contributed by atoms with Gasteiger partial charge in [0, 0.05) is 31.5 Å². The lowest BCUT2D eigenvalue weighted by Crippen LogP contribution is -2.49. The van der Waals surface area contributed by atoms with E-state index in [0.717, 1.165) is 63.4 Å². The van der Waals surface area contributed by atoms with Gasteiger partial charge in [0.05, 0.1) is 24.5 Å². The van der Waals surface area contributed by atoms with Crippen LogP contribution in [0, 0.1) is 0 Å². The zero-order valence-corrected chi connectivity index (χ0v) is 16.7. The standard InChI is InChI=1S/C24H27N3O2/c28-22-15-27-21-9-12-26(14-19(21)18-7-2-8-20(25-22)23(18)27)11-3-6-16-4-1-5-17-10-13-29-24(16)17/h1-2,4-5,7-8,19,21H,3,6,9-15H2,(H,25,28)/t19-,21?/m1/s1. The monoisotopic (exact) mass is 389 g/mol. The Morgan fingerprint density at radius 1 is 1.17 bits per heavy atom. The van der Waals surface area contributed by atoms with Gasteiger partial charge in [-0.05, 0) is 48.6 Å². The summed E-state index contributed by atoms with van der Waals surface area (Å²) in [6.07, 6.45) is 4.43. The van der Waals surface area contributed by atoms with Gasteiger partial charge in [-0.1, -0.05) is 30.3 Å². The summed E-state index contributed by atoms with van der Waals surface area (Å²) in [5, 5.41) is 3.06. The Labute approximate surface area is 171 Å². The van der Waals surface area contributed by atoms with Gasteiger partial charge in [-0.25, -0.2) is 0 Å². The summed E-state index contributed by atoms with van der Waals surface area (Å²) in [5.74, 6) is 1.78. The van der Waals surface area contributed by atoms with Crippen molar-refractivity contribution in [1.82, 2.24) is 4.90 Å². The molecule has 0 spiro atoms. The van der Waals surface area contributed by atoms with E-state index >= 15 is 0 Å². The highest BCUT2D eigenvalue weighted by Crippen LogP contribution is 2.49. The van der Waals surface area contributed by atoms with Gasteiger partial charge in [-0.2, -0.15) is 0 Å². The number of hydrogen-bond donors (Lipinski definition) is 1. The number of rotatable bonds is 4. The first-order valence-electron chi connectivity index (χ1n) is 10.9. The third-order valence-electron chi connectivity index (χ3n) is 7.12. The Morgan fingerprint density at radius 2 is 2.10 bits per heavy atom. The normalized spacial score (nSPS) is 24.6. The number of carbonyl (C=O) groups excluding carboxylic acids is 1. The number of nitrogens with zero attached hydrogens (tertiary/aromatic N) is 2. The topological polar surface area (TPSA) is 44.8 Å². The first-order chi connectivity index (χ1) is 14.3. The van der Waals surface area contributed by atoms with E-state index in [2.05, 4.69) is 45.4 Å². The van der Waals surface area contributed by atoms with Crippen molar-refractivity contribution in [2.45, 2.75) is 37.6 Å². The van der Waals surface area contributed by atoms with Gasteiger partial charge in [0.2, 0.25) is 5.91 Å². The van der Waals surface area contributed by atoms with E-state index < -0.39 is 0 Å². The van der Waals surface area contributed by atoms with Crippen LogP contribution >= 0.6 is 0 Å². The van der Waals surface area contributed by atoms with Crippen molar-refractivity contribution in [3.63, 3.8) is 0 Å². The summed E-state index contributed by atoms with van der Waals surface area (Å²) in [6, 6.07) is 13.5. The number of aryl methyl sites for hydroxylation is 1. The van der Waals surface area contributed by atoms with E-state index in [1.807, 2.05) is 6.07 Å². The molecule has 0 aliphatic carbocycles. The predicted octanol–water partition coefficient (Wildman–Crippen LogP) is 3.18. The summed E-state index contributed by atoms with van der Waals surface area (Å²) >= 11 is 0. The third kappa shape index (κ3) is 2.83. The fourth-order valence-corrected chi connectivity index (χ4v) is 5.85. The maximum absolute atomic E-state index is 12.1. The van der Waals surface area contributed by atoms with Crippen LogP contribution in [0.3, 0.4) is 0 Å². The molecule has 2 atom stereocenters. The molecule has 0 bridgehead atoms. The van der Waals surface area contributed by atoms with Crippen molar-refractivity contribution in [3.8, 4) is 5.75 Å². The Morgan fingerprint density at radius 3 is 3.07 bits per heavy atom.